The van der Waals surface area contributed by atoms with Gasteiger partial charge in [0.05, 0.1) is 4.90 Å². The SMILES string of the molecule is O=S(=O)(Cl)c1ccc2ccccc2c1-c1ccc2c(ccc3c4c(ccc32)CCCC4)c1. The highest BCUT2D eigenvalue weighted by Crippen LogP contribution is 2.39. The summed E-state index contributed by atoms with van der Waals surface area (Å²) in [6.45, 7) is 0. The smallest absolute Gasteiger partial charge is 0.207 e. The molecular weight excluding hydrogens is 436 g/mol. The fourth-order valence-electron chi connectivity index (χ4n) is 5.31. The van der Waals surface area contributed by atoms with Crippen molar-refractivity contribution in [3.05, 3.63) is 90.0 Å². The number of rotatable bonds is 2. The van der Waals surface area contributed by atoms with Gasteiger partial charge in [-0.1, -0.05) is 66.7 Å². The van der Waals surface area contributed by atoms with Crippen LogP contribution in [0.15, 0.2) is 83.8 Å². The van der Waals surface area contributed by atoms with Crippen LogP contribution in [0.5, 0.6) is 0 Å². The first-order chi connectivity index (χ1) is 15.5. The molecule has 32 heavy (non-hydrogen) atoms. The molecule has 0 saturated carbocycles. The topological polar surface area (TPSA) is 34.1 Å². The Kier molecular flexibility index (Phi) is 4.53. The molecule has 5 aromatic rings. The summed E-state index contributed by atoms with van der Waals surface area (Å²) in [4.78, 5) is 0.145. The largest absolute Gasteiger partial charge is 0.261 e. The van der Waals surface area contributed by atoms with Gasteiger partial charge < -0.3 is 0 Å². The van der Waals surface area contributed by atoms with Crippen LogP contribution in [0, 0.1) is 0 Å². The number of aryl methyl sites for hydroxylation is 2. The van der Waals surface area contributed by atoms with E-state index >= 15 is 0 Å². The molecule has 0 amide bonds. The van der Waals surface area contributed by atoms with Gasteiger partial charge in [0, 0.05) is 16.2 Å². The summed E-state index contributed by atoms with van der Waals surface area (Å²) in [5.74, 6) is 0. The van der Waals surface area contributed by atoms with E-state index < -0.39 is 9.05 Å². The molecule has 1 aliphatic carbocycles. The zero-order chi connectivity index (χ0) is 21.9. The third kappa shape index (κ3) is 3.11. The molecule has 0 aliphatic heterocycles. The average molecular weight is 457 g/mol. The van der Waals surface area contributed by atoms with E-state index in [9.17, 15) is 8.42 Å². The van der Waals surface area contributed by atoms with E-state index in [0.717, 1.165) is 28.1 Å². The molecule has 0 unspecified atom stereocenters. The molecule has 5 aromatic carbocycles. The molecule has 0 bridgehead atoms. The van der Waals surface area contributed by atoms with E-state index in [0.29, 0.717) is 5.56 Å². The molecule has 0 atom stereocenters. The predicted molar refractivity (Wildman–Crippen MR) is 134 cm³/mol. The van der Waals surface area contributed by atoms with Crippen molar-refractivity contribution in [2.45, 2.75) is 30.6 Å². The Bertz CT molecular complexity index is 1650. The first kappa shape index (κ1) is 19.8. The monoisotopic (exact) mass is 456 g/mol. The fourth-order valence-corrected chi connectivity index (χ4v) is 6.40. The lowest BCUT2D eigenvalue weighted by molar-refractivity contribution is 0.610. The molecule has 2 nitrogen and oxygen atoms in total. The minimum absolute atomic E-state index is 0.145. The van der Waals surface area contributed by atoms with Gasteiger partial charge >= 0.3 is 0 Å². The van der Waals surface area contributed by atoms with Crippen LogP contribution in [0.3, 0.4) is 0 Å². The summed E-state index contributed by atoms with van der Waals surface area (Å²) in [6.07, 6.45) is 4.83. The fraction of sp³-hybridized carbons (Fsp3) is 0.143. The molecule has 6 rings (SSSR count). The molecular formula is C28H21ClO2S. The zero-order valence-corrected chi connectivity index (χ0v) is 19.0. The normalized spacial score (nSPS) is 14.2. The van der Waals surface area contributed by atoms with Crippen LogP contribution in [0.2, 0.25) is 0 Å². The molecule has 0 spiro atoms. The maximum atomic E-state index is 12.4. The van der Waals surface area contributed by atoms with Crippen LogP contribution in [0.1, 0.15) is 24.0 Å². The number of fused-ring (bicyclic) bond motifs is 6. The van der Waals surface area contributed by atoms with Gasteiger partial charge in [-0.15, -0.1) is 0 Å². The molecule has 0 saturated heterocycles. The molecule has 0 fully saturated rings. The van der Waals surface area contributed by atoms with Crippen molar-refractivity contribution in [1.82, 2.24) is 0 Å². The Labute approximate surface area is 191 Å². The van der Waals surface area contributed by atoms with Gasteiger partial charge in [0.15, 0.2) is 0 Å². The standard InChI is InChI=1S/C28H21ClO2S/c29-32(30,31)27-16-12-19-6-2-4-8-24(19)28(27)21-11-13-23-20(17-21)10-15-25-22-7-3-1-5-18(22)9-14-26(23)25/h2,4,6,8-17H,1,3,5,7H2. The minimum atomic E-state index is -3.90. The van der Waals surface area contributed by atoms with Gasteiger partial charge in [-0.2, -0.15) is 0 Å². The van der Waals surface area contributed by atoms with Gasteiger partial charge in [0.25, 0.3) is 9.05 Å². The predicted octanol–water partition coefficient (Wildman–Crippen LogP) is 7.62. The summed E-state index contributed by atoms with van der Waals surface area (Å²) >= 11 is 0. The van der Waals surface area contributed by atoms with Crippen molar-refractivity contribution < 1.29 is 8.42 Å². The second-order valence-corrected chi connectivity index (χ2v) is 11.1. The van der Waals surface area contributed by atoms with E-state index in [1.807, 2.05) is 36.4 Å². The zero-order valence-electron chi connectivity index (χ0n) is 17.4. The van der Waals surface area contributed by atoms with E-state index in [4.69, 9.17) is 10.7 Å². The second kappa shape index (κ2) is 7.33. The van der Waals surface area contributed by atoms with Crippen molar-refractivity contribution >= 4 is 52.1 Å². The van der Waals surface area contributed by atoms with Crippen LogP contribution in [-0.4, -0.2) is 8.42 Å². The van der Waals surface area contributed by atoms with E-state index in [-0.39, 0.29) is 4.90 Å². The van der Waals surface area contributed by atoms with Gasteiger partial charge in [-0.25, -0.2) is 8.42 Å². The van der Waals surface area contributed by atoms with Crippen molar-refractivity contribution in [2.75, 3.05) is 0 Å². The first-order valence-electron chi connectivity index (χ1n) is 10.9. The summed E-state index contributed by atoms with van der Waals surface area (Å²) in [6, 6.07) is 26.4. The molecule has 0 N–H and O–H groups in total. The Morgan fingerprint density at radius 3 is 2.28 bits per heavy atom. The quantitative estimate of drug-likeness (QED) is 0.202. The third-order valence-electron chi connectivity index (χ3n) is 6.79. The van der Waals surface area contributed by atoms with Gasteiger partial charge in [-0.05, 0) is 86.8 Å². The molecule has 0 radical (unpaired) electrons. The number of hydrogen-bond acceptors (Lipinski definition) is 2. The van der Waals surface area contributed by atoms with Crippen LogP contribution in [-0.2, 0) is 21.9 Å². The van der Waals surface area contributed by atoms with Crippen molar-refractivity contribution in [3.8, 4) is 11.1 Å². The van der Waals surface area contributed by atoms with Gasteiger partial charge in [0.1, 0.15) is 0 Å². The minimum Gasteiger partial charge on any atom is -0.207 e. The van der Waals surface area contributed by atoms with Crippen LogP contribution < -0.4 is 0 Å². The summed E-state index contributed by atoms with van der Waals surface area (Å²) < 4.78 is 24.8. The summed E-state index contributed by atoms with van der Waals surface area (Å²) in [7, 11) is 1.95. The molecule has 158 valence electrons. The average Bonchev–Trinajstić information content (AvgIpc) is 2.82. The summed E-state index contributed by atoms with van der Waals surface area (Å²) in [5.41, 5.74) is 4.48. The van der Waals surface area contributed by atoms with Crippen molar-refractivity contribution in [1.29, 1.82) is 0 Å². The number of hydrogen-bond donors (Lipinski definition) is 0. The van der Waals surface area contributed by atoms with Crippen LogP contribution >= 0.6 is 10.7 Å². The molecule has 0 heterocycles. The van der Waals surface area contributed by atoms with E-state index in [1.165, 1.54) is 46.5 Å². The number of halogens is 1. The first-order valence-corrected chi connectivity index (χ1v) is 13.3. The van der Waals surface area contributed by atoms with Gasteiger partial charge in [0.2, 0.25) is 0 Å². The number of benzene rings is 5. The molecule has 0 aromatic heterocycles. The van der Waals surface area contributed by atoms with Crippen molar-refractivity contribution in [2.24, 2.45) is 0 Å². The lowest BCUT2D eigenvalue weighted by atomic mass is 9.86. The Balaban J connectivity index is 1.63. The van der Waals surface area contributed by atoms with Crippen LogP contribution in [0.25, 0.3) is 43.4 Å². The molecule has 4 heteroatoms. The lowest BCUT2D eigenvalue weighted by Crippen LogP contribution is -2.03. The van der Waals surface area contributed by atoms with Crippen molar-refractivity contribution in [3.63, 3.8) is 0 Å². The van der Waals surface area contributed by atoms with E-state index in [2.05, 4.69) is 36.4 Å². The second-order valence-electron chi connectivity index (χ2n) is 8.60. The lowest BCUT2D eigenvalue weighted by Gasteiger charge is -2.19. The highest BCUT2D eigenvalue weighted by molar-refractivity contribution is 8.13. The highest BCUT2D eigenvalue weighted by Gasteiger charge is 2.20. The Hall–Kier alpha value is -2.88. The molecule has 1 aliphatic rings. The Morgan fingerprint density at radius 2 is 1.41 bits per heavy atom. The maximum Gasteiger partial charge on any atom is 0.261 e. The van der Waals surface area contributed by atoms with E-state index in [1.54, 1.807) is 6.07 Å². The summed E-state index contributed by atoms with van der Waals surface area (Å²) in [5, 5.41) is 6.75. The third-order valence-corrected chi connectivity index (χ3v) is 8.15. The maximum absolute atomic E-state index is 12.4. The highest BCUT2D eigenvalue weighted by atomic mass is 35.7. The van der Waals surface area contributed by atoms with Gasteiger partial charge in [-0.3, -0.25) is 0 Å². The Morgan fingerprint density at radius 1 is 0.656 bits per heavy atom. The van der Waals surface area contributed by atoms with Crippen LogP contribution in [0.4, 0.5) is 0 Å².